The summed E-state index contributed by atoms with van der Waals surface area (Å²) in [5.74, 6) is -0.489. The molecule has 4 rings (SSSR count). The minimum Gasteiger partial charge on any atom is -0.378 e. The molecule has 9 nitrogen and oxygen atoms in total. The maximum absolute atomic E-state index is 13.1. The number of morpholine rings is 1. The van der Waals surface area contributed by atoms with Gasteiger partial charge in [0.15, 0.2) is 0 Å². The van der Waals surface area contributed by atoms with E-state index in [1.807, 2.05) is 0 Å². The van der Waals surface area contributed by atoms with E-state index >= 15 is 0 Å². The zero-order valence-electron chi connectivity index (χ0n) is 16.5. The van der Waals surface area contributed by atoms with Crippen LogP contribution in [-0.2, 0) is 19.6 Å². The number of nitrogens with zero attached hydrogens (tertiary/aromatic N) is 3. The summed E-state index contributed by atoms with van der Waals surface area (Å²) in [5, 5.41) is 0. The lowest BCUT2D eigenvalue weighted by Gasteiger charge is -2.35. The molecule has 0 bridgehead atoms. The average Bonchev–Trinajstić information content (AvgIpc) is 3.46. The first kappa shape index (κ1) is 20.4. The largest absolute Gasteiger partial charge is 0.378 e. The second-order valence-electron chi connectivity index (χ2n) is 7.89. The van der Waals surface area contributed by atoms with Gasteiger partial charge in [0.1, 0.15) is 10.6 Å². The number of aromatic amines is 1. The van der Waals surface area contributed by atoms with E-state index in [1.54, 1.807) is 9.80 Å². The number of hydrogen-bond donors (Lipinski definition) is 1. The normalized spacial score (nSPS) is 24.1. The second kappa shape index (κ2) is 8.45. The Labute approximate surface area is 171 Å². The molecule has 2 amide bonds. The van der Waals surface area contributed by atoms with Crippen LogP contribution in [0.15, 0.2) is 17.2 Å². The van der Waals surface area contributed by atoms with Crippen molar-refractivity contribution in [3.63, 3.8) is 0 Å². The number of rotatable bonds is 4. The monoisotopic (exact) mass is 424 g/mol. The molecule has 0 aliphatic carbocycles. The van der Waals surface area contributed by atoms with Crippen LogP contribution >= 0.6 is 0 Å². The van der Waals surface area contributed by atoms with Gasteiger partial charge in [-0.2, -0.15) is 4.31 Å². The lowest BCUT2D eigenvalue weighted by molar-refractivity contribution is -0.140. The number of piperidine rings is 1. The van der Waals surface area contributed by atoms with E-state index in [9.17, 15) is 18.0 Å². The number of aromatic nitrogens is 1. The van der Waals surface area contributed by atoms with E-state index in [0.717, 1.165) is 12.8 Å². The molecule has 3 fully saturated rings. The number of H-pyrrole nitrogens is 1. The van der Waals surface area contributed by atoms with Crippen LogP contribution in [0.2, 0.25) is 0 Å². The molecule has 0 aromatic carbocycles. The highest BCUT2D eigenvalue weighted by molar-refractivity contribution is 7.89. The van der Waals surface area contributed by atoms with E-state index in [2.05, 4.69) is 4.98 Å². The Hall–Kier alpha value is -1.91. The van der Waals surface area contributed by atoms with Gasteiger partial charge in [0.05, 0.1) is 19.1 Å². The highest BCUT2D eigenvalue weighted by Crippen LogP contribution is 2.26. The van der Waals surface area contributed by atoms with Crippen LogP contribution in [0.25, 0.3) is 0 Å². The molecule has 1 N–H and O–H groups in total. The van der Waals surface area contributed by atoms with Gasteiger partial charge in [-0.25, -0.2) is 8.42 Å². The van der Waals surface area contributed by atoms with Crippen molar-refractivity contribution in [1.29, 1.82) is 0 Å². The van der Waals surface area contributed by atoms with Crippen molar-refractivity contribution in [2.75, 3.05) is 52.5 Å². The molecular weight excluding hydrogens is 396 g/mol. The summed E-state index contributed by atoms with van der Waals surface area (Å²) in [6.45, 7) is 4.14. The number of sulfonamides is 1. The molecule has 1 atom stereocenters. The third-order valence-corrected chi connectivity index (χ3v) is 7.82. The number of carbonyl (C=O) groups excluding carboxylic acids is 2. The number of ether oxygens (including phenoxy) is 1. The van der Waals surface area contributed by atoms with Crippen LogP contribution in [0.4, 0.5) is 0 Å². The highest BCUT2D eigenvalue weighted by atomic mass is 32.2. The van der Waals surface area contributed by atoms with Gasteiger partial charge in [-0.3, -0.25) is 9.59 Å². The Kier molecular flexibility index (Phi) is 5.93. The predicted molar refractivity (Wildman–Crippen MR) is 105 cm³/mol. The molecule has 3 saturated heterocycles. The van der Waals surface area contributed by atoms with Crippen LogP contribution in [0.1, 0.15) is 36.2 Å². The van der Waals surface area contributed by atoms with Gasteiger partial charge >= 0.3 is 0 Å². The van der Waals surface area contributed by atoms with Gasteiger partial charge < -0.3 is 19.5 Å². The van der Waals surface area contributed by atoms with Crippen molar-refractivity contribution < 1.29 is 22.7 Å². The van der Waals surface area contributed by atoms with Crippen LogP contribution in [0, 0.1) is 5.92 Å². The highest BCUT2D eigenvalue weighted by Gasteiger charge is 2.36. The molecule has 29 heavy (non-hydrogen) atoms. The van der Waals surface area contributed by atoms with Gasteiger partial charge in [0.2, 0.25) is 15.9 Å². The predicted octanol–water partition coefficient (Wildman–Crippen LogP) is 0.510. The summed E-state index contributed by atoms with van der Waals surface area (Å²) >= 11 is 0. The lowest BCUT2D eigenvalue weighted by Crippen LogP contribution is -2.49. The molecule has 0 unspecified atom stereocenters. The second-order valence-corrected chi connectivity index (χ2v) is 9.83. The Bertz CT molecular complexity index is 856. The van der Waals surface area contributed by atoms with Crippen LogP contribution < -0.4 is 0 Å². The molecule has 10 heteroatoms. The first-order chi connectivity index (χ1) is 14.0. The molecule has 1 aromatic rings. The first-order valence-corrected chi connectivity index (χ1v) is 11.8. The number of likely N-dealkylation sites (tertiary alicyclic amines) is 1. The standard InChI is InChI=1S/C19H28N4O5S/c24-18(22-8-10-28-11-9-22)15-4-3-7-23(14-15)29(26,27)16-12-17(20-13-16)19(25)21-5-1-2-6-21/h12-13,15,20H,1-11,14H2/t15-/m0/s1. The van der Waals surface area contributed by atoms with Crippen LogP contribution in [-0.4, -0.2) is 91.8 Å². The van der Waals surface area contributed by atoms with E-state index in [0.29, 0.717) is 64.5 Å². The Balaban J connectivity index is 1.45. The Morgan fingerprint density at radius 1 is 1.00 bits per heavy atom. The van der Waals surface area contributed by atoms with E-state index in [4.69, 9.17) is 4.74 Å². The van der Waals surface area contributed by atoms with Gasteiger partial charge in [-0.1, -0.05) is 0 Å². The minimum absolute atomic E-state index is 0.00664. The summed E-state index contributed by atoms with van der Waals surface area (Å²) in [6, 6.07) is 1.42. The van der Waals surface area contributed by atoms with E-state index in [-0.39, 0.29) is 29.2 Å². The molecular formula is C19H28N4O5S. The average molecular weight is 425 g/mol. The number of nitrogens with one attached hydrogen (secondary N) is 1. The Morgan fingerprint density at radius 3 is 2.45 bits per heavy atom. The zero-order chi connectivity index (χ0) is 20.4. The molecule has 3 aliphatic rings. The van der Waals surface area contributed by atoms with Gasteiger partial charge in [-0.15, -0.1) is 0 Å². The molecule has 4 heterocycles. The van der Waals surface area contributed by atoms with Gasteiger partial charge in [0, 0.05) is 45.5 Å². The molecule has 160 valence electrons. The van der Waals surface area contributed by atoms with Crippen molar-refractivity contribution in [1.82, 2.24) is 19.1 Å². The summed E-state index contributed by atoms with van der Waals surface area (Å²) in [4.78, 5) is 31.7. The number of carbonyl (C=O) groups is 2. The third-order valence-electron chi connectivity index (χ3n) is 5.97. The maximum atomic E-state index is 13.1. The van der Waals surface area contributed by atoms with Crippen molar-refractivity contribution in [3.05, 3.63) is 18.0 Å². The molecule has 3 aliphatic heterocycles. The van der Waals surface area contributed by atoms with Crippen molar-refractivity contribution in [2.24, 2.45) is 5.92 Å². The topological polar surface area (TPSA) is 103 Å². The maximum Gasteiger partial charge on any atom is 0.270 e. The third kappa shape index (κ3) is 4.19. The Morgan fingerprint density at radius 2 is 1.72 bits per heavy atom. The first-order valence-electron chi connectivity index (χ1n) is 10.3. The summed E-state index contributed by atoms with van der Waals surface area (Å²) in [6.07, 6.45) is 4.66. The minimum atomic E-state index is -3.76. The summed E-state index contributed by atoms with van der Waals surface area (Å²) in [7, 11) is -3.76. The number of amides is 2. The molecule has 0 spiro atoms. The van der Waals surface area contributed by atoms with Crippen LogP contribution in [0.5, 0.6) is 0 Å². The number of hydrogen-bond acceptors (Lipinski definition) is 5. The van der Waals surface area contributed by atoms with Crippen molar-refractivity contribution in [3.8, 4) is 0 Å². The quantitative estimate of drug-likeness (QED) is 0.759. The lowest BCUT2D eigenvalue weighted by atomic mass is 9.98. The molecule has 0 saturated carbocycles. The summed E-state index contributed by atoms with van der Waals surface area (Å²) in [5.41, 5.74) is 0.295. The van der Waals surface area contributed by atoms with Crippen LogP contribution in [0.3, 0.4) is 0 Å². The fourth-order valence-electron chi connectivity index (χ4n) is 4.29. The van der Waals surface area contributed by atoms with Crippen molar-refractivity contribution in [2.45, 2.75) is 30.6 Å². The summed E-state index contributed by atoms with van der Waals surface area (Å²) < 4.78 is 32.9. The van der Waals surface area contributed by atoms with Gasteiger partial charge in [0.25, 0.3) is 5.91 Å². The smallest absolute Gasteiger partial charge is 0.270 e. The van der Waals surface area contributed by atoms with E-state index < -0.39 is 10.0 Å². The molecule has 1 aromatic heterocycles. The fourth-order valence-corrected chi connectivity index (χ4v) is 5.81. The molecule has 0 radical (unpaired) electrons. The van der Waals surface area contributed by atoms with Gasteiger partial charge in [-0.05, 0) is 31.7 Å². The van der Waals surface area contributed by atoms with E-state index in [1.165, 1.54) is 16.6 Å². The van der Waals surface area contributed by atoms with Crippen molar-refractivity contribution >= 4 is 21.8 Å². The fraction of sp³-hybridized carbons (Fsp3) is 0.684. The zero-order valence-corrected chi connectivity index (χ0v) is 17.3. The SMILES string of the molecule is O=C(c1cc(S(=O)(=O)N2CCC[C@H](C(=O)N3CCOCC3)C2)c[nH]1)N1CCCC1.